The van der Waals surface area contributed by atoms with Crippen LogP contribution in [0.25, 0.3) is 0 Å². The minimum Gasteiger partial charge on any atom is -0.385 e. The first-order valence-electron chi connectivity index (χ1n) is 7.46. The molecule has 0 amide bonds. The number of aryl methyl sites for hydroxylation is 1. The van der Waals surface area contributed by atoms with E-state index in [1.807, 2.05) is 0 Å². The van der Waals surface area contributed by atoms with Gasteiger partial charge in [0.2, 0.25) is 0 Å². The molecular formula is C16H24N2. The lowest BCUT2D eigenvalue weighted by Gasteiger charge is -2.23. The van der Waals surface area contributed by atoms with Crippen molar-refractivity contribution in [3.05, 3.63) is 29.3 Å². The number of anilines is 1. The van der Waals surface area contributed by atoms with Gasteiger partial charge in [-0.25, -0.2) is 0 Å². The van der Waals surface area contributed by atoms with Gasteiger partial charge in [-0.05, 0) is 55.8 Å². The molecule has 2 nitrogen and oxygen atoms in total. The molecule has 0 aromatic heterocycles. The van der Waals surface area contributed by atoms with E-state index in [1.54, 1.807) is 0 Å². The summed E-state index contributed by atoms with van der Waals surface area (Å²) < 4.78 is 0. The molecule has 0 atom stereocenters. The smallest absolute Gasteiger partial charge is 0.0372 e. The van der Waals surface area contributed by atoms with Crippen LogP contribution < -0.4 is 5.32 Å². The van der Waals surface area contributed by atoms with Crippen LogP contribution in [0, 0.1) is 0 Å². The van der Waals surface area contributed by atoms with Crippen molar-refractivity contribution in [3.63, 3.8) is 0 Å². The highest BCUT2D eigenvalue weighted by atomic mass is 15.2. The Kier molecular flexibility index (Phi) is 3.55. The average Bonchev–Trinajstić information content (AvgIpc) is 3.22. The number of nitrogens with one attached hydrogen (secondary N) is 1. The van der Waals surface area contributed by atoms with Crippen LogP contribution in [0.3, 0.4) is 0 Å². The van der Waals surface area contributed by atoms with Gasteiger partial charge < -0.3 is 5.32 Å². The molecule has 18 heavy (non-hydrogen) atoms. The summed E-state index contributed by atoms with van der Waals surface area (Å²) in [5.74, 6) is 0. The van der Waals surface area contributed by atoms with Crippen LogP contribution in [0.1, 0.15) is 43.7 Å². The van der Waals surface area contributed by atoms with Crippen LogP contribution in [-0.2, 0) is 13.0 Å². The molecule has 0 spiro atoms. The molecule has 1 heterocycles. The Morgan fingerprint density at radius 2 is 2.22 bits per heavy atom. The van der Waals surface area contributed by atoms with Crippen molar-refractivity contribution in [1.29, 1.82) is 0 Å². The fourth-order valence-electron chi connectivity index (χ4n) is 2.98. The van der Waals surface area contributed by atoms with Gasteiger partial charge in [-0.3, -0.25) is 4.90 Å². The van der Waals surface area contributed by atoms with Crippen molar-refractivity contribution in [2.45, 2.75) is 51.6 Å². The zero-order valence-corrected chi connectivity index (χ0v) is 11.4. The van der Waals surface area contributed by atoms with E-state index in [0.717, 1.165) is 19.1 Å². The molecule has 0 bridgehead atoms. The maximum absolute atomic E-state index is 3.49. The summed E-state index contributed by atoms with van der Waals surface area (Å²) >= 11 is 0. The zero-order chi connectivity index (χ0) is 12.4. The number of hydrogen-bond donors (Lipinski definition) is 1. The summed E-state index contributed by atoms with van der Waals surface area (Å²) in [5.41, 5.74) is 4.38. The number of nitrogens with zero attached hydrogens (tertiary/aromatic N) is 1. The second kappa shape index (κ2) is 5.31. The normalized spacial score (nSPS) is 18.6. The Hall–Kier alpha value is -1.02. The van der Waals surface area contributed by atoms with Crippen molar-refractivity contribution >= 4 is 5.69 Å². The fraction of sp³-hybridized carbons (Fsp3) is 0.625. The van der Waals surface area contributed by atoms with Gasteiger partial charge in [0.1, 0.15) is 0 Å². The number of fused-ring (bicyclic) bond motifs is 1. The molecule has 1 fully saturated rings. The van der Waals surface area contributed by atoms with E-state index in [-0.39, 0.29) is 0 Å². The van der Waals surface area contributed by atoms with Crippen molar-refractivity contribution in [1.82, 2.24) is 4.90 Å². The second-order valence-corrected chi connectivity index (χ2v) is 5.72. The average molecular weight is 244 g/mol. The monoisotopic (exact) mass is 244 g/mol. The van der Waals surface area contributed by atoms with Gasteiger partial charge >= 0.3 is 0 Å². The van der Waals surface area contributed by atoms with E-state index in [2.05, 4.69) is 35.3 Å². The van der Waals surface area contributed by atoms with Crippen molar-refractivity contribution in [2.75, 3.05) is 18.4 Å². The van der Waals surface area contributed by atoms with Gasteiger partial charge in [0.25, 0.3) is 0 Å². The third-order valence-electron chi connectivity index (χ3n) is 4.07. The second-order valence-electron chi connectivity index (χ2n) is 5.72. The highest BCUT2D eigenvalue weighted by molar-refractivity contribution is 5.54. The third-order valence-corrected chi connectivity index (χ3v) is 4.07. The van der Waals surface area contributed by atoms with E-state index in [0.29, 0.717) is 0 Å². The lowest BCUT2D eigenvalue weighted by Crippen LogP contribution is -2.26. The van der Waals surface area contributed by atoms with Gasteiger partial charge in [-0.15, -0.1) is 0 Å². The lowest BCUT2D eigenvalue weighted by molar-refractivity contribution is 0.255. The highest BCUT2D eigenvalue weighted by Gasteiger charge is 2.28. The molecule has 2 heteroatoms. The minimum absolute atomic E-state index is 0.874. The molecule has 0 unspecified atom stereocenters. The van der Waals surface area contributed by atoms with E-state index in [4.69, 9.17) is 0 Å². The molecule has 1 aromatic rings. The quantitative estimate of drug-likeness (QED) is 0.854. The molecule has 1 aromatic carbocycles. The van der Waals surface area contributed by atoms with Crippen LogP contribution in [0.15, 0.2) is 18.2 Å². The topological polar surface area (TPSA) is 15.3 Å². The fourth-order valence-corrected chi connectivity index (χ4v) is 2.98. The zero-order valence-electron chi connectivity index (χ0n) is 11.4. The summed E-state index contributed by atoms with van der Waals surface area (Å²) in [6.07, 6.45) is 6.60. The third kappa shape index (κ3) is 2.69. The first-order valence-corrected chi connectivity index (χ1v) is 7.46. The summed E-state index contributed by atoms with van der Waals surface area (Å²) in [5, 5.41) is 3.49. The maximum atomic E-state index is 3.49. The van der Waals surface area contributed by atoms with Gasteiger partial charge in [0, 0.05) is 24.8 Å². The SMILES string of the molecule is CCCN(Cc1ccc2c(c1)CCCN2)C1CC1. The number of benzene rings is 1. The maximum Gasteiger partial charge on any atom is 0.0372 e. The van der Waals surface area contributed by atoms with Crippen LogP contribution in [-0.4, -0.2) is 24.0 Å². The summed E-state index contributed by atoms with van der Waals surface area (Å²) in [6.45, 7) is 5.81. The number of hydrogen-bond acceptors (Lipinski definition) is 2. The predicted octanol–water partition coefficient (Wildman–Crippen LogP) is 3.42. The van der Waals surface area contributed by atoms with Gasteiger partial charge in [-0.2, -0.15) is 0 Å². The van der Waals surface area contributed by atoms with Crippen molar-refractivity contribution in [2.24, 2.45) is 0 Å². The molecule has 1 aliphatic carbocycles. The Bertz CT molecular complexity index is 410. The molecule has 98 valence electrons. The molecular weight excluding hydrogens is 220 g/mol. The van der Waals surface area contributed by atoms with Crippen molar-refractivity contribution in [3.8, 4) is 0 Å². The van der Waals surface area contributed by atoms with Crippen LogP contribution in [0.5, 0.6) is 0 Å². The largest absolute Gasteiger partial charge is 0.385 e. The molecule has 3 rings (SSSR count). The molecule has 0 saturated heterocycles. The van der Waals surface area contributed by atoms with E-state index in [1.165, 1.54) is 55.5 Å². The van der Waals surface area contributed by atoms with E-state index >= 15 is 0 Å². The van der Waals surface area contributed by atoms with Crippen LogP contribution >= 0.6 is 0 Å². The van der Waals surface area contributed by atoms with Crippen LogP contribution in [0.2, 0.25) is 0 Å². The van der Waals surface area contributed by atoms with Gasteiger partial charge in [-0.1, -0.05) is 19.1 Å². The molecule has 0 radical (unpaired) electrons. The lowest BCUT2D eigenvalue weighted by atomic mass is 10.0. The van der Waals surface area contributed by atoms with E-state index < -0.39 is 0 Å². The Labute approximate surface area is 110 Å². The first-order chi connectivity index (χ1) is 8.86. The van der Waals surface area contributed by atoms with E-state index in [9.17, 15) is 0 Å². The molecule has 1 saturated carbocycles. The molecule has 1 aliphatic heterocycles. The Balaban J connectivity index is 1.71. The van der Waals surface area contributed by atoms with Crippen molar-refractivity contribution < 1.29 is 0 Å². The number of rotatable bonds is 5. The van der Waals surface area contributed by atoms with Gasteiger partial charge in [0.05, 0.1) is 0 Å². The summed E-state index contributed by atoms with van der Waals surface area (Å²) in [6, 6.07) is 7.88. The Morgan fingerprint density at radius 3 is 3.00 bits per heavy atom. The Morgan fingerprint density at radius 1 is 1.33 bits per heavy atom. The van der Waals surface area contributed by atoms with Gasteiger partial charge in [0.15, 0.2) is 0 Å². The first kappa shape index (κ1) is 12.0. The summed E-state index contributed by atoms with van der Waals surface area (Å²) in [7, 11) is 0. The predicted molar refractivity (Wildman–Crippen MR) is 77.0 cm³/mol. The standard InChI is InChI=1S/C16H24N2/c1-2-10-18(15-6-7-15)12-13-5-8-16-14(11-13)4-3-9-17-16/h5,8,11,15,17H,2-4,6-7,9-10,12H2,1H3. The molecule has 1 N–H and O–H groups in total. The van der Waals surface area contributed by atoms with Crippen LogP contribution in [0.4, 0.5) is 5.69 Å². The minimum atomic E-state index is 0.874. The molecule has 2 aliphatic rings. The summed E-state index contributed by atoms with van der Waals surface area (Å²) in [4.78, 5) is 2.66. The highest BCUT2D eigenvalue weighted by Crippen LogP contribution is 2.29.